The monoisotopic (exact) mass is 340 g/mol. The predicted molar refractivity (Wildman–Crippen MR) is 75.0 cm³/mol. The van der Waals surface area contributed by atoms with Crippen molar-refractivity contribution in [2.75, 3.05) is 0 Å². The Morgan fingerprint density at radius 1 is 0.875 bits per heavy atom. The van der Waals surface area contributed by atoms with Crippen molar-refractivity contribution in [3.8, 4) is 11.3 Å². The van der Waals surface area contributed by atoms with Crippen LogP contribution in [0.4, 0.5) is 22.0 Å². The maximum absolute atomic E-state index is 14.2. The Hall–Kier alpha value is -2.71. The number of alkyl halides is 3. The van der Waals surface area contributed by atoms with Gasteiger partial charge in [-0.25, -0.2) is 28.7 Å². The topological polar surface area (TPSA) is 51.6 Å². The molecule has 1 aromatic carbocycles. The molecule has 0 fully saturated rings. The molecule has 2 heterocycles. The van der Waals surface area contributed by atoms with E-state index in [9.17, 15) is 22.0 Å². The first-order chi connectivity index (χ1) is 11.2. The third-order valence-electron chi connectivity index (χ3n) is 3.49. The minimum atomic E-state index is -4.86. The molecule has 0 amide bonds. The number of hydrogen-bond donors (Lipinski definition) is 0. The van der Waals surface area contributed by atoms with E-state index in [-0.39, 0.29) is 29.0 Å². The van der Waals surface area contributed by atoms with E-state index < -0.39 is 28.9 Å². The van der Waals surface area contributed by atoms with Gasteiger partial charge in [-0.2, -0.15) is 13.2 Å². The molecule has 0 atom stereocenters. The zero-order valence-corrected chi connectivity index (χ0v) is 12.4. The van der Waals surface area contributed by atoms with Crippen LogP contribution in [-0.2, 0) is 6.18 Å². The van der Waals surface area contributed by atoms with Gasteiger partial charge in [0.1, 0.15) is 29.2 Å². The highest BCUT2D eigenvalue weighted by Gasteiger charge is 2.33. The van der Waals surface area contributed by atoms with Gasteiger partial charge in [-0.3, -0.25) is 0 Å². The molecular formula is C15H9F5N4. The predicted octanol–water partition coefficient (Wildman–Crippen LogP) is 4.00. The van der Waals surface area contributed by atoms with Crippen LogP contribution in [0.1, 0.15) is 17.0 Å². The van der Waals surface area contributed by atoms with Crippen molar-refractivity contribution in [1.82, 2.24) is 19.9 Å². The first kappa shape index (κ1) is 16.2. The normalized spacial score (nSPS) is 12.0. The van der Waals surface area contributed by atoms with Gasteiger partial charge in [0.15, 0.2) is 5.65 Å². The number of aromatic nitrogens is 4. The average Bonchev–Trinajstić information content (AvgIpc) is 2.47. The van der Waals surface area contributed by atoms with Crippen LogP contribution >= 0.6 is 0 Å². The highest BCUT2D eigenvalue weighted by atomic mass is 19.4. The largest absolute Gasteiger partial charge is 0.416 e. The fourth-order valence-corrected chi connectivity index (χ4v) is 2.19. The van der Waals surface area contributed by atoms with Crippen molar-refractivity contribution in [2.24, 2.45) is 0 Å². The van der Waals surface area contributed by atoms with Crippen molar-refractivity contribution in [2.45, 2.75) is 20.0 Å². The lowest BCUT2D eigenvalue weighted by Gasteiger charge is -2.11. The van der Waals surface area contributed by atoms with Crippen LogP contribution in [0.5, 0.6) is 0 Å². The lowest BCUT2D eigenvalue weighted by molar-refractivity contribution is -0.137. The van der Waals surface area contributed by atoms with Crippen LogP contribution in [0.3, 0.4) is 0 Å². The molecule has 3 aromatic rings. The van der Waals surface area contributed by atoms with Crippen molar-refractivity contribution in [3.05, 3.63) is 47.0 Å². The van der Waals surface area contributed by atoms with E-state index in [4.69, 9.17) is 0 Å². The van der Waals surface area contributed by atoms with Crippen molar-refractivity contribution >= 4 is 11.2 Å². The van der Waals surface area contributed by atoms with Gasteiger partial charge in [-0.05, 0) is 26.0 Å². The highest BCUT2D eigenvalue weighted by molar-refractivity contribution is 5.87. The molecule has 0 saturated heterocycles. The molecule has 0 radical (unpaired) electrons. The van der Waals surface area contributed by atoms with Gasteiger partial charge in [-0.1, -0.05) is 0 Å². The third kappa shape index (κ3) is 2.66. The average molecular weight is 340 g/mol. The SMILES string of the molecule is Cc1nc2ncnc(-c3c(F)cc(C(F)(F)F)cc3F)c2nc1C. The molecule has 0 saturated carbocycles. The van der Waals surface area contributed by atoms with Gasteiger partial charge in [0, 0.05) is 0 Å². The molecule has 0 aliphatic rings. The second-order valence-electron chi connectivity index (χ2n) is 5.10. The first-order valence-corrected chi connectivity index (χ1v) is 6.71. The lowest BCUT2D eigenvalue weighted by atomic mass is 10.1. The van der Waals surface area contributed by atoms with Gasteiger partial charge >= 0.3 is 6.18 Å². The second-order valence-corrected chi connectivity index (χ2v) is 5.10. The molecule has 0 unspecified atom stereocenters. The Kier molecular flexibility index (Phi) is 3.66. The molecule has 0 spiro atoms. The van der Waals surface area contributed by atoms with Gasteiger partial charge < -0.3 is 0 Å². The third-order valence-corrected chi connectivity index (χ3v) is 3.49. The number of benzene rings is 1. The first-order valence-electron chi connectivity index (χ1n) is 6.71. The Bertz CT molecular complexity index is 929. The maximum Gasteiger partial charge on any atom is 0.416 e. The summed E-state index contributed by atoms with van der Waals surface area (Å²) in [5.74, 6) is -2.77. The summed E-state index contributed by atoms with van der Waals surface area (Å²) in [7, 11) is 0. The highest BCUT2D eigenvalue weighted by Crippen LogP contribution is 2.35. The van der Waals surface area contributed by atoms with Crippen LogP contribution in [0.15, 0.2) is 18.5 Å². The number of rotatable bonds is 1. The smallest absolute Gasteiger partial charge is 0.246 e. The van der Waals surface area contributed by atoms with Crippen LogP contribution < -0.4 is 0 Å². The van der Waals surface area contributed by atoms with E-state index in [0.29, 0.717) is 11.4 Å². The molecular weight excluding hydrogens is 331 g/mol. The van der Waals surface area contributed by atoms with E-state index in [1.165, 1.54) is 0 Å². The minimum absolute atomic E-state index is 0.0122. The van der Waals surface area contributed by atoms with Crippen molar-refractivity contribution in [3.63, 3.8) is 0 Å². The molecule has 3 rings (SSSR count). The van der Waals surface area contributed by atoms with Gasteiger partial charge in [0.25, 0.3) is 0 Å². The van der Waals surface area contributed by atoms with Crippen LogP contribution in [0.25, 0.3) is 22.4 Å². The molecule has 0 aliphatic carbocycles. The fraction of sp³-hybridized carbons (Fsp3) is 0.200. The number of aryl methyl sites for hydroxylation is 2. The summed E-state index contributed by atoms with van der Waals surface area (Å²) >= 11 is 0. The van der Waals surface area contributed by atoms with Crippen LogP contribution in [0, 0.1) is 25.5 Å². The standard InChI is InChI=1S/C15H9F5N4/c1-6-7(2)24-14-13(23-6)12(21-5-22-14)11-9(16)3-8(4-10(11)17)15(18,19)20/h3-5H,1-2H3. The van der Waals surface area contributed by atoms with Gasteiger partial charge in [-0.15, -0.1) is 0 Å². The summed E-state index contributed by atoms with van der Waals surface area (Å²) in [6.45, 7) is 3.32. The van der Waals surface area contributed by atoms with Crippen molar-refractivity contribution in [1.29, 1.82) is 0 Å². The summed E-state index contributed by atoms with van der Waals surface area (Å²) in [5.41, 5.74) is -1.20. The fourth-order valence-electron chi connectivity index (χ4n) is 2.19. The summed E-state index contributed by atoms with van der Waals surface area (Å²) in [4.78, 5) is 16.0. The number of hydrogen-bond acceptors (Lipinski definition) is 4. The molecule has 0 aliphatic heterocycles. The van der Waals surface area contributed by atoms with E-state index in [2.05, 4.69) is 19.9 Å². The Balaban J connectivity index is 2.31. The molecule has 0 bridgehead atoms. The number of fused-ring (bicyclic) bond motifs is 1. The zero-order chi connectivity index (χ0) is 17.6. The van der Waals surface area contributed by atoms with E-state index in [1.807, 2.05) is 0 Å². The molecule has 9 heteroatoms. The summed E-state index contributed by atoms with van der Waals surface area (Å²) < 4.78 is 66.3. The molecule has 0 N–H and O–H groups in total. The van der Waals surface area contributed by atoms with E-state index >= 15 is 0 Å². The Morgan fingerprint density at radius 3 is 2.04 bits per heavy atom. The lowest BCUT2D eigenvalue weighted by Crippen LogP contribution is -2.08. The van der Waals surface area contributed by atoms with Crippen LogP contribution in [-0.4, -0.2) is 19.9 Å². The molecule has 124 valence electrons. The molecule has 24 heavy (non-hydrogen) atoms. The molecule has 2 aromatic heterocycles. The Labute approximate surface area is 132 Å². The zero-order valence-electron chi connectivity index (χ0n) is 12.4. The van der Waals surface area contributed by atoms with Gasteiger partial charge in [0.2, 0.25) is 0 Å². The number of halogens is 5. The summed E-state index contributed by atoms with van der Waals surface area (Å²) in [6.07, 6.45) is -3.83. The minimum Gasteiger partial charge on any atom is -0.246 e. The quantitative estimate of drug-likeness (QED) is 0.628. The van der Waals surface area contributed by atoms with E-state index in [1.54, 1.807) is 13.8 Å². The summed E-state index contributed by atoms with van der Waals surface area (Å²) in [6, 6.07) is 0.446. The second kappa shape index (κ2) is 5.43. The van der Waals surface area contributed by atoms with Gasteiger partial charge in [0.05, 0.1) is 22.5 Å². The van der Waals surface area contributed by atoms with E-state index in [0.717, 1.165) is 6.33 Å². The maximum atomic E-state index is 14.2. The Morgan fingerprint density at radius 2 is 1.46 bits per heavy atom. The van der Waals surface area contributed by atoms with Crippen molar-refractivity contribution < 1.29 is 22.0 Å². The number of nitrogens with zero attached hydrogens (tertiary/aromatic N) is 4. The summed E-state index contributed by atoms with van der Waals surface area (Å²) in [5, 5.41) is 0. The van der Waals surface area contributed by atoms with Crippen LogP contribution in [0.2, 0.25) is 0 Å². The molecule has 4 nitrogen and oxygen atoms in total.